The first-order valence-corrected chi connectivity index (χ1v) is 6.67. The average Bonchev–Trinajstić information content (AvgIpc) is 2.36. The Morgan fingerprint density at radius 2 is 2.00 bits per heavy atom. The third-order valence-electron chi connectivity index (χ3n) is 2.44. The number of alkyl halides is 3. The molecule has 20 heavy (non-hydrogen) atoms. The molecule has 0 bridgehead atoms. The van der Waals surface area contributed by atoms with Crippen LogP contribution in [0, 0.1) is 0 Å². The minimum absolute atomic E-state index is 0.102. The third-order valence-corrected chi connectivity index (χ3v) is 3.41. The van der Waals surface area contributed by atoms with Crippen LogP contribution in [-0.2, 0) is 14.3 Å². The highest BCUT2D eigenvalue weighted by Crippen LogP contribution is 2.37. The van der Waals surface area contributed by atoms with Crippen LogP contribution < -0.4 is 9.47 Å². The molecule has 0 unspecified atom stereocenters. The first-order chi connectivity index (χ1) is 9.24. The van der Waals surface area contributed by atoms with Crippen molar-refractivity contribution in [2.24, 2.45) is 0 Å². The number of rotatable bonds is 3. The molecule has 0 aliphatic carbocycles. The normalized spacial score (nSPS) is 14.9. The molecule has 0 amide bonds. The molecule has 1 aliphatic rings. The third kappa shape index (κ3) is 2.67. The minimum Gasteiger partial charge on any atom is -0.497 e. The zero-order valence-corrected chi connectivity index (χ0v) is 10.9. The molecule has 1 heterocycles. The van der Waals surface area contributed by atoms with E-state index in [4.69, 9.17) is 9.47 Å². The van der Waals surface area contributed by atoms with Gasteiger partial charge in [0.2, 0.25) is 0 Å². The van der Waals surface area contributed by atoms with E-state index in [1.165, 1.54) is 25.3 Å². The largest absolute Gasteiger partial charge is 0.534 e. The van der Waals surface area contributed by atoms with Crippen LogP contribution >= 0.6 is 0 Å². The lowest BCUT2D eigenvalue weighted by Crippen LogP contribution is -2.25. The molecule has 0 radical (unpaired) electrons. The molecule has 1 aromatic carbocycles. The number of hydrogen-bond acceptors (Lipinski definition) is 5. The first kappa shape index (κ1) is 14.5. The van der Waals surface area contributed by atoms with E-state index in [0.717, 1.165) is 6.08 Å². The van der Waals surface area contributed by atoms with Gasteiger partial charge in [0.25, 0.3) is 0 Å². The van der Waals surface area contributed by atoms with E-state index in [1.807, 2.05) is 0 Å². The molecule has 1 aromatic rings. The van der Waals surface area contributed by atoms with Crippen molar-refractivity contribution in [2.75, 3.05) is 13.7 Å². The molecule has 2 rings (SSSR count). The molecule has 0 atom stereocenters. The van der Waals surface area contributed by atoms with E-state index in [2.05, 4.69) is 4.18 Å². The van der Waals surface area contributed by atoms with Gasteiger partial charge in [0.15, 0.2) is 5.76 Å². The van der Waals surface area contributed by atoms with Gasteiger partial charge in [-0.15, -0.1) is 0 Å². The number of halogens is 3. The van der Waals surface area contributed by atoms with Crippen molar-refractivity contribution < 1.29 is 35.2 Å². The van der Waals surface area contributed by atoms with Gasteiger partial charge in [0.1, 0.15) is 18.1 Å². The van der Waals surface area contributed by atoms with Crippen LogP contribution in [0.3, 0.4) is 0 Å². The van der Waals surface area contributed by atoms with Gasteiger partial charge in [-0.05, 0) is 18.2 Å². The molecule has 0 saturated carbocycles. The smallest absolute Gasteiger partial charge is 0.497 e. The van der Waals surface area contributed by atoms with Gasteiger partial charge in [-0.3, -0.25) is 0 Å². The summed E-state index contributed by atoms with van der Waals surface area (Å²) >= 11 is 0. The number of hydrogen-bond donors (Lipinski definition) is 0. The van der Waals surface area contributed by atoms with Crippen molar-refractivity contribution in [1.29, 1.82) is 0 Å². The Hall–Kier alpha value is -1.90. The summed E-state index contributed by atoms with van der Waals surface area (Å²) in [6.45, 7) is -0.108. The summed E-state index contributed by atoms with van der Waals surface area (Å²) in [7, 11) is -4.30. The zero-order valence-electron chi connectivity index (χ0n) is 10.1. The SMILES string of the molecule is COc1ccc2c(c1)OCC=C2OS(=O)(=O)C(F)(F)F. The van der Waals surface area contributed by atoms with Gasteiger partial charge in [-0.1, -0.05) is 0 Å². The quantitative estimate of drug-likeness (QED) is 0.633. The van der Waals surface area contributed by atoms with Crippen molar-refractivity contribution in [2.45, 2.75) is 5.51 Å². The van der Waals surface area contributed by atoms with Crippen molar-refractivity contribution in [3.05, 3.63) is 29.8 Å². The van der Waals surface area contributed by atoms with E-state index >= 15 is 0 Å². The molecular formula is C11H9F3O5S. The maximum absolute atomic E-state index is 12.3. The zero-order chi connectivity index (χ0) is 15.0. The molecule has 0 saturated heterocycles. The van der Waals surface area contributed by atoms with Crippen LogP contribution in [0.4, 0.5) is 13.2 Å². The van der Waals surface area contributed by atoms with Gasteiger partial charge in [-0.25, -0.2) is 0 Å². The van der Waals surface area contributed by atoms with Crippen LogP contribution in [0.1, 0.15) is 5.56 Å². The topological polar surface area (TPSA) is 61.8 Å². The Bertz CT molecular complexity index is 649. The Labute approximate surface area is 112 Å². The molecule has 5 nitrogen and oxygen atoms in total. The van der Waals surface area contributed by atoms with Crippen LogP contribution in [0.25, 0.3) is 5.76 Å². The predicted octanol–water partition coefficient (Wildman–Crippen LogP) is 2.29. The van der Waals surface area contributed by atoms with Gasteiger partial charge in [0.05, 0.1) is 12.7 Å². The summed E-state index contributed by atoms with van der Waals surface area (Å²) in [5, 5.41) is 0. The molecule has 1 aliphatic heterocycles. The fourth-order valence-corrected chi connectivity index (χ4v) is 2.00. The lowest BCUT2D eigenvalue weighted by atomic mass is 10.1. The summed E-state index contributed by atoms with van der Waals surface area (Å²) in [5.74, 6) is 0.175. The van der Waals surface area contributed by atoms with Gasteiger partial charge < -0.3 is 13.7 Å². The molecule has 0 fully saturated rings. The summed E-state index contributed by atoms with van der Waals surface area (Å²) in [4.78, 5) is 0. The maximum atomic E-state index is 12.3. The maximum Gasteiger partial charge on any atom is 0.534 e. The van der Waals surface area contributed by atoms with E-state index in [1.54, 1.807) is 0 Å². The van der Waals surface area contributed by atoms with Crippen LogP contribution in [0.15, 0.2) is 24.3 Å². The number of ether oxygens (including phenoxy) is 2. The minimum atomic E-state index is -5.71. The van der Waals surface area contributed by atoms with E-state index in [9.17, 15) is 21.6 Å². The summed E-state index contributed by atoms with van der Waals surface area (Å²) < 4.78 is 73.1. The van der Waals surface area contributed by atoms with Crippen LogP contribution in [0.2, 0.25) is 0 Å². The van der Waals surface area contributed by atoms with Crippen molar-refractivity contribution in [3.8, 4) is 11.5 Å². The molecule has 0 aromatic heterocycles. The van der Waals surface area contributed by atoms with Crippen molar-refractivity contribution in [3.63, 3.8) is 0 Å². The van der Waals surface area contributed by atoms with Crippen molar-refractivity contribution >= 4 is 15.9 Å². The van der Waals surface area contributed by atoms with E-state index in [-0.39, 0.29) is 17.9 Å². The van der Waals surface area contributed by atoms with Gasteiger partial charge >= 0.3 is 15.6 Å². The van der Waals surface area contributed by atoms with Crippen LogP contribution in [-0.4, -0.2) is 27.6 Å². The second kappa shape index (κ2) is 4.89. The summed E-state index contributed by atoms with van der Waals surface area (Å²) in [6, 6.07) is 4.22. The fourth-order valence-electron chi connectivity index (χ4n) is 1.51. The summed E-state index contributed by atoms with van der Waals surface area (Å²) in [6.07, 6.45) is 1.11. The number of methoxy groups -OCH3 is 1. The van der Waals surface area contributed by atoms with Crippen molar-refractivity contribution in [1.82, 2.24) is 0 Å². The lowest BCUT2D eigenvalue weighted by molar-refractivity contribution is -0.0509. The number of benzene rings is 1. The highest BCUT2D eigenvalue weighted by atomic mass is 32.2. The predicted molar refractivity (Wildman–Crippen MR) is 62.5 cm³/mol. The monoisotopic (exact) mass is 310 g/mol. The Balaban J connectivity index is 2.35. The standard InChI is InChI=1S/C11H9F3O5S/c1-17-7-2-3-8-9(4-5-18-10(8)6-7)19-20(15,16)11(12,13)14/h2-4,6H,5H2,1H3. The average molecular weight is 310 g/mol. The molecule has 9 heteroatoms. The van der Waals surface area contributed by atoms with E-state index < -0.39 is 21.4 Å². The molecule has 0 N–H and O–H groups in total. The van der Waals surface area contributed by atoms with Gasteiger partial charge in [-0.2, -0.15) is 21.6 Å². The highest BCUT2D eigenvalue weighted by molar-refractivity contribution is 7.87. The van der Waals surface area contributed by atoms with Crippen LogP contribution in [0.5, 0.6) is 11.5 Å². The molecule has 110 valence electrons. The Kier molecular flexibility index (Phi) is 3.55. The number of fused-ring (bicyclic) bond motifs is 1. The lowest BCUT2D eigenvalue weighted by Gasteiger charge is -2.19. The highest BCUT2D eigenvalue weighted by Gasteiger charge is 2.49. The first-order valence-electron chi connectivity index (χ1n) is 5.27. The second-order valence-corrected chi connectivity index (χ2v) is 5.26. The fraction of sp³-hybridized carbons (Fsp3) is 0.273. The Morgan fingerprint density at radius 3 is 2.60 bits per heavy atom. The molecule has 0 spiro atoms. The Morgan fingerprint density at radius 1 is 1.30 bits per heavy atom. The van der Waals surface area contributed by atoms with E-state index in [0.29, 0.717) is 5.75 Å². The second-order valence-electron chi connectivity index (χ2n) is 3.72. The molecular weight excluding hydrogens is 301 g/mol. The van der Waals surface area contributed by atoms with Gasteiger partial charge in [0, 0.05) is 6.07 Å². The summed E-state index contributed by atoms with van der Waals surface area (Å²) in [5.41, 5.74) is -5.39.